The number of para-hydroxylation sites is 1. The van der Waals surface area contributed by atoms with Crippen molar-refractivity contribution in [1.82, 2.24) is 9.88 Å². The Morgan fingerprint density at radius 2 is 1.90 bits per heavy atom. The molecule has 1 aromatic carbocycles. The van der Waals surface area contributed by atoms with Gasteiger partial charge in [0, 0.05) is 30.2 Å². The first-order valence-corrected chi connectivity index (χ1v) is 7.68. The van der Waals surface area contributed by atoms with Gasteiger partial charge in [-0.3, -0.25) is 0 Å². The Balaban J connectivity index is 2.06. The summed E-state index contributed by atoms with van der Waals surface area (Å²) < 4.78 is 2.30. The lowest BCUT2D eigenvalue weighted by atomic mass is 10.1. The second-order valence-electron chi connectivity index (χ2n) is 5.82. The molecule has 2 aromatic rings. The zero-order chi connectivity index (χ0) is 15.2. The van der Waals surface area contributed by atoms with Crippen LogP contribution in [0.15, 0.2) is 36.4 Å². The molecule has 0 spiro atoms. The highest BCUT2D eigenvalue weighted by atomic mass is 16.3. The summed E-state index contributed by atoms with van der Waals surface area (Å²) in [5.74, 6) is 0.507. The van der Waals surface area contributed by atoms with E-state index in [1.54, 1.807) is 0 Å². The van der Waals surface area contributed by atoms with Crippen molar-refractivity contribution >= 4 is 0 Å². The zero-order valence-corrected chi connectivity index (χ0v) is 13.3. The Kier molecular flexibility index (Phi) is 5.59. The maximum atomic E-state index is 8.93. The van der Waals surface area contributed by atoms with E-state index in [2.05, 4.69) is 61.0 Å². The standard InChI is InChI=1S/C18H26N2O/c1-14(9-10-21)12-19-13-17-11-15(2)20(16(17)3)18-7-5-4-6-8-18/h4-8,11,14,19,21H,9-10,12-13H2,1-3H3. The summed E-state index contributed by atoms with van der Waals surface area (Å²) in [5.41, 5.74) is 5.11. The molecule has 1 aromatic heterocycles. The molecule has 114 valence electrons. The Hall–Kier alpha value is -1.58. The van der Waals surface area contributed by atoms with E-state index in [0.29, 0.717) is 5.92 Å². The third-order valence-electron chi connectivity index (χ3n) is 3.98. The lowest BCUT2D eigenvalue weighted by Gasteiger charge is -2.12. The van der Waals surface area contributed by atoms with E-state index in [0.717, 1.165) is 19.5 Å². The largest absolute Gasteiger partial charge is 0.396 e. The minimum atomic E-state index is 0.269. The van der Waals surface area contributed by atoms with Gasteiger partial charge in [-0.25, -0.2) is 0 Å². The SMILES string of the molecule is Cc1cc(CNCC(C)CCO)c(C)n1-c1ccccc1. The van der Waals surface area contributed by atoms with Gasteiger partial charge in [-0.1, -0.05) is 25.1 Å². The van der Waals surface area contributed by atoms with E-state index < -0.39 is 0 Å². The fourth-order valence-corrected chi connectivity index (χ4v) is 2.76. The van der Waals surface area contributed by atoms with Crippen LogP contribution in [0.1, 0.15) is 30.3 Å². The highest BCUT2D eigenvalue weighted by Gasteiger charge is 2.10. The fourth-order valence-electron chi connectivity index (χ4n) is 2.76. The maximum Gasteiger partial charge on any atom is 0.0455 e. The van der Waals surface area contributed by atoms with Gasteiger partial charge < -0.3 is 15.0 Å². The van der Waals surface area contributed by atoms with Gasteiger partial charge in [0.15, 0.2) is 0 Å². The average Bonchev–Trinajstić information content (AvgIpc) is 2.75. The number of nitrogens with zero attached hydrogens (tertiary/aromatic N) is 1. The molecule has 0 aliphatic carbocycles. The van der Waals surface area contributed by atoms with Crippen molar-refractivity contribution in [2.75, 3.05) is 13.2 Å². The predicted octanol–water partition coefficient (Wildman–Crippen LogP) is 3.20. The molecule has 1 heterocycles. The van der Waals surface area contributed by atoms with Crippen LogP contribution in [-0.4, -0.2) is 22.8 Å². The molecule has 0 saturated carbocycles. The summed E-state index contributed by atoms with van der Waals surface area (Å²) in [7, 11) is 0. The Bertz CT molecular complexity index is 560. The molecule has 0 saturated heterocycles. The number of nitrogens with one attached hydrogen (secondary N) is 1. The smallest absolute Gasteiger partial charge is 0.0455 e. The predicted molar refractivity (Wildman–Crippen MR) is 87.8 cm³/mol. The molecule has 3 nitrogen and oxygen atoms in total. The molecule has 0 radical (unpaired) electrons. The van der Waals surface area contributed by atoms with Crippen molar-refractivity contribution in [3.05, 3.63) is 53.3 Å². The van der Waals surface area contributed by atoms with Crippen molar-refractivity contribution in [3.8, 4) is 5.69 Å². The van der Waals surface area contributed by atoms with Crippen LogP contribution in [0.4, 0.5) is 0 Å². The summed E-state index contributed by atoms with van der Waals surface area (Å²) in [6.07, 6.45) is 0.857. The van der Waals surface area contributed by atoms with Crippen molar-refractivity contribution < 1.29 is 5.11 Å². The number of aliphatic hydroxyl groups excluding tert-OH is 1. The van der Waals surface area contributed by atoms with Crippen molar-refractivity contribution in [1.29, 1.82) is 0 Å². The molecule has 2 rings (SSSR count). The number of benzene rings is 1. The topological polar surface area (TPSA) is 37.2 Å². The lowest BCUT2D eigenvalue weighted by Crippen LogP contribution is -2.21. The van der Waals surface area contributed by atoms with Crippen molar-refractivity contribution in [2.24, 2.45) is 5.92 Å². The normalized spacial score (nSPS) is 12.6. The zero-order valence-electron chi connectivity index (χ0n) is 13.3. The van der Waals surface area contributed by atoms with Crippen LogP contribution in [0.3, 0.4) is 0 Å². The summed E-state index contributed by atoms with van der Waals surface area (Å²) >= 11 is 0. The summed E-state index contributed by atoms with van der Waals surface area (Å²) in [6.45, 7) is 8.58. The minimum absolute atomic E-state index is 0.269. The van der Waals surface area contributed by atoms with E-state index in [-0.39, 0.29) is 6.61 Å². The van der Waals surface area contributed by atoms with Gasteiger partial charge in [0.2, 0.25) is 0 Å². The van der Waals surface area contributed by atoms with Gasteiger partial charge >= 0.3 is 0 Å². The lowest BCUT2D eigenvalue weighted by molar-refractivity contribution is 0.260. The van der Waals surface area contributed by atoms with Gasteiger partial charge in [-0.15, -0.1) is 0 Å². The van der Waals surface area contributed by atoms with Crippen LogP contribution in [0.25, 0.3) is 5.69 Å². The number of hydrogen-bond acceptors (Lipinski definition) is 2. The molecule has 0 aliphatic rings. The molecule has 1 unspecified atom stereocenters. The van der Waals surface area contributed by atoms with Crippen molar-refractivity contribution in [3.63, 3.8) is 0 Å². The molecule has 0 bridgehead atoms. The van der Waals surface area contributed by atoms with E-state index in [1.807, 2.05) is 6.07 Å². The van der Waals surface area contributed by atoms with Crippen LogP contribution in [0.2, 0.25) is 0 Å². The highest BCUT2D eigenvalue weighted by Crippen LogP contribution is 2.20. The molecule has 2 N–H and O–H groups in total. The average molecular weight is 286 g/mol. The highest BCUT2D eigenvalue weighted by molar-refractivity contribution is 5.40. The van der Waals surface area contributed by atoms with Crippen LogP contribution in [0, 0.1) is 19.8 Å². The quantitative estimate of drug-likeness (QED) is 0.820. The number of aliphatic hydroxyl groups is 1. The Morgan fingerprint density at radius 3 is 2.57 bits per heavy atom. The summed E-state index contributed by atoms with van der Waals surface area (Å²) in [5, 5.41) is 12.4. The molecular weight excluding hydrogens is 260 g/mol. The molecular formula is C18H26N2O. The minimum Gasteiger partial charge on any atom is -0.396 e. The Labute approximate surface area is 127 Å². The summed E-state index contributed by atoms with van der Waals surface area (Å²) in [6, 6.07) is 12.7. The second kappa shape index (κ2) is 7.43. The van der Waals surface area contributed by atoms with E-state index in [9.17, 15) is 0 Å². The fraction of sp³-hybridized carbons (Fsp3) is 0.444. The van der Waals surface area contributed by atoms with Gasteiger partial charge in [0.05, 0.1) is 0 Å². The third-order valence-corrected chi connectivity index (χ3v) is 3.98. The summed E-state index contributed by atoms with van der Waals surface area (Å²) in [4.78, 5) is 0. The van der Waals surface area contributed by atoms with Gasteiger partial charge in [0.1, 0.15) is 0 Å². The number of hydrogen-bond donors (Lipinski definition) is 2. The molecule has 0 aliphatic heterocycles. The van der Waals surface area contributed by atoms with Crippen LogP contribution in [0.5, 0.6) is 0 Å². The van der Waals surface area contributed by atoms with Gasteiger partial charge in [-0.05, 0) is 56.5 Å². The van der Waals surface area contributed by atoms with Crippen molar-refractivity contribution in [2.45, 2.75) is 33.7 Å². The first-order valence-electron chi connectivity index (χ1n) is 7.68. The second-order valence-corrected chi connectivity index (χ2v) is 5.82. The van der Waals surface area contributed by atoms with Crippen LogP contribution < -0.4 is 5.32 Å². The first-order chi connectivity index (χ1) is 10.1. The number of aryl methyl sites for hydroxylation is 1. The van der Waals surface area contributed by atoms with Gasteiger partial charge in [0.25, 0.3) is 0 Å². The van der Waals surface area contributed by atoms with Gasteiger partial charge in [-0.2, -0.15) is 0 Å². The monoisotopic (exact) mass is 286 g/mol. The first kappa shape index (κ1) is 15.8. The third kappa shape index (κ3) is 3.96. The number of aromatic nitrogens is 1. The molecule has 0 fully saturated rings. The van der Waals surface area contributed by atoms with E-state index >= 15 is 0 Å². The number of rotatable bonds is 7. The Morgan fingerprint density at radius 1 is 1.19 bits per heavy atom. The molecule has 3 heteroatoms. The van der Waals surface area contributed by atoms with E-state index in [1.165, 1.54) is 22.6 Å². The molecule has 21 heavy (non-hydrogen) atoms. The van der Waals surface area contributed by atoms with Crippen LogP contribution in [-0.2, 0) is 6.54 Å². The maximum absolute atomic E-state index is 8.93. The molecule has 0 amide bonds. The van der Waals surface area contributed by atoms with E-state index in [4.69, 9.17) is 5.11 Å². The molecule has 1 atom stereocenters. The van der Waals surface area contributed by atoms with Crippen LogP contribution >= 0.6 is 0 Å².